The van der Waals surface area contributed by atoms with Crippen molar-refractivity contribution < 1.29 is 14.6 Å². The molecule has 4 rings (SSSR count). The number of halogens is 3. The molecule has 3 aromatic rings. The van der Waals surface area contributed by atoms with E-state index < -0.39 is 6.10 Å². The van der Waals surface area contributed by atoms with Crippen LogP contribution in [0.5, 0.6) is 11.5 Å². The van der Waals surface area contributed by atoms with Gasteiger partial charge in [-0.1, -0.05) is 71.2 Å². The van der Waals surface area contributed by atoms with Gasteiger partial charge < -0.3 is 9.84 Å². The number of aromatic hydroxyl groups is 1. The lowest BCUT2D eigenvalue weighted by Gasteiger charge is -2.25. The predicted molar refractivity (Wildman–Crippen MR) is 122 cm³/mol. The van der Waals surface area contributed by atoms with Crippen LogP contribution < -0.4 is 4.74 Å². The van der Waals surface area contributed by atoms with Gasteiger partial charge >= 0.3 is 0 Å². The highest BCUT2D eigenvalue weighted by atomic mass is 35.5. The number of carbonyl (C=O) groups excluding carboxylic acids is 1. The van der Waals surface area contributed by atoms with E-state index in [4.69, 9.17) is 39.5 Å². The van der Waals surface area contributed by atoms with E-state index in [1.54, 1.807) is 36.4 Å². The van der Waals surface area contributed by atoms with Crippen molar-refractivity contribution in [3.8, 4) is 11.5 Å². The second-order valence-electron chi connectivity index (χ2n) is 6.66. The third-order valence-corrected chi connectivity index (χ3v) is 5.72. The Labute approximate surface area is 188 Å². The van der Waals surface area contributed by atoms with Gasteiger partial charge in [0.1, 0.15) is 17.6 Å². The highest BCUT2D eigenvalue weighted by Crippen LogP contribution is 2.43. The van der Waals surface area contributed by atoms with Crippen LogP contribution in [-0.2, 0) is 0 Å². The van der Waals surface area contributed by atoms with Crippen molar-refractivity contribution in [3.63, 3.8) is 0 Å². The number of ketones is 1. The van der Waals surface area contributed by atoms with Crippen molar-refractivity contribution in [3.05, 3.63) is 105 Å². The van der Waals surface area contributed by atoms with Gasteiger partial charge in [0.05, 0.1) is 10.6 Å². The van der Waals surface area contributed by atoms with E-state index in [1.807, 2.05) is 24.3 Å². The largest absolute Gasteiger partial charge is 0.507 e. The molecule has 1 atom stereocenters. The number of benzene rings is 3. The molecule has 0 bridgehead atoms. The summed E-state index contributed by atoms with van der Waals surface area (Å²) in [5.41, 5.74) is 2.09. The van der Waals surface area contributed by atoms with Crippen LogP contribution in [0.15, 0.2) is 72.8 Å². The zero-order valence-electron chi connectivity index (χ0n) is 15.5. The second kappa shape index (κ2) is 8.57. The minimum absolute atomic E-state index is 0.114. The predicted octanol–water partition coefficient (Wildman–Crippen LogP) is 7.31. The number of rotatable bonds is 4. The highest BCUT2D eigenvalue weighted by Gasteiger charge is 2.25. The van der Waals surface area contributed by atoms with Gasteiger partial charge in [0.15, 0.2) is 5.78 Å². The summed E-state index contributed by atoms with van der Waals surface area (Å²) in [6, 6.07) is 17.4. The molecule has 3 aromatic carbocycles. The first-order valence-electron chi connectivity index (χ1n) is 9.07. The Morgan fingerprint density at radius 2 is 1.67 bits per heavy atom. The molecule has 0 aliphatic carbocycles. The molecule has 1 heterocycles. The summed E-state index contributed by atoms with van der Waals surface area (Å²) < 4.78 is 5.98. The smallest absolute Gasteiger partial charge is 0.189 e. The Hall–Kier alpha value is -2.72. The van der Waals surface area contributed by atoms with E-state index in [0.717, 1.165) is 5.56 Å². The molecule has 0 spiro atoms. The number of phenolic OH excluding ortho intramolecular Hbond substituents is 1. The summed E-state index contributed by atoms with van der Waals surface area (Å²) in [5, 5.41) is 11.9. The van der Waals surface area contributed by atoms with E-state index in [9.17, 15) is 9.90 Å². The first kappa shape index (κ1) is 20.5. The quantitative estimate of drug-likeness (QED) is 0.330. The van der Waals surface area contributed by atoms with Gasteiger partial charge in [-0.05, 0) is 42.0 Å². The molecule has 3 nitrogen and oxygen atoms in total. The number of allylic oxidation sites excluding steroid dienone is 1. The van der Waals surface area contributed by atoms with E-state index in [-0.39, 0.29) is 17.1 Å². The van der Waals surface area contributed by atoms with Crippen LogP contribution in [0.3, 0.4) is 0 Å². The summed E-state index contributed by atoms with van der Waals surface area (Å²) >= 11 is 18.9. The summed E-state index contributed by atoms with van der Waals surface area (Å²) in [6.07, 6.45) is 4.18. The molecule has 0 radical (unpaired) electrons. The Bertz CT molecular complexity index is 1200. The maximum absolute atomic E-state index is 12.7. The zero-order valence-corrected chi connectivity index (χ0v) is 17.7. The van der Waals surface area contributed by atoms with Crippen molar-refractivity contribution in [1.82, 2.24) is 0 Å². The van der Waals surface area contributed by atoms with Crippen LogP contribution in [0.1, 0.15) is 33.2 Å². The summed E-state index contributed by atoms with van der Waals surface area (Å²) in [6.45, 7) is 0. The van der Waals surface area contributed by atoms with Gasteiger partial charge in [-0.3, -0.25) is 4.79 Å². The first-order valence-corrected chi connectivity index (χ1v) is 10.2. The standard InChI is InChI=1S/C24H15Cl3O3/c25-18-7-3-1-5-14(18)9-10-21(28)17-11-16-20(27)12-23(30-24(16)13-22(17)29)15-6-2-4-8-19(15)26/h1-13,23,29H/b10-9+. The fourth-order valence-electron chi connectivity index (χ4n) is 3.17. The fraction of sp³-hybridized carbons (Fsp3) is 0.0417. The molecule has 1 aliphatic rings. The van der Waals surface area contributed by atoms with Crippen LogP contribution in [0, 0.1) is 0 Å². The van der Waals surface area contributed by atoms with Crippen LogP contribution in [0.25, 0.3) is 11.1 Å². The number of phenols is 1. The maximum Gasteiger partial charge on any atom is 0.189 e. The Morgan fingerprint density at radius 1 is 0.967 bits per heavy atom. The van der Waals surface area contributed by atoms with Crippen LogP contribution >= 0.6 is 34.8 Å². The third kappa shape index (κ3) is 4.10. The lowest BCUT2D eigenvalue weighted by molar-refractivity contribution is 0.104. The van der Waals surface area contributed by atoms with Gasteiger partial charge in [-0.25, -0.2) is 0 Å². The first-order chi connectivity index (χ1) is 14.4. The molecule has 0 saturated carbocycles. The van der Waals surface area contributed by atoms with E-state index in [0.29, 0.717) is 32.0 Å². The number of ether oxygens (including phenoxy) is 1. The number of hydrogen-bond acceptors (Lipinski definition) is 3. The molecule has 1 N–H and O–H groups in total. The van der Waals surface area contributed by atoms with E-state index in [1.165, 1.54) is 18.2 Å². The SMILES string of the molecule is O=C(/C=C/c1ccccc1Cl)c1cc2c(cc1O)OC(c1ccccc1Cl)C=C2Cl. The van der Waals surface area contributed by atoms with E-state index in [2.05, 4.69) is 0 Å². The molecule has 30 heavy (non-hydrogen) atoms. The topological polar surface area (TPSA) is 46.5 Å². The molecule has 1 aliphatic heterocycles. The average Bonchev–Trinajstić information content (AvgIpc) is 2.72. The molecule has 1 unspecified atom stereocenters. The lowest BCUT2D eigenvalue weighted by atomic mass is 9.99. The Balaban J connectivity index is 1.65. The Kier molecular flexibility index (Phi) is 5.87. The lowest BCUT2D eigenvalue weighted by Crippen LogP contribution is -2.11. The molecule has 0 saturated heterocycles. The summed E-state index contributed by atoms with van der Waals surface area (Å²) in [5.74, 6) is -0.212. The summed E-state index contributed by atoms with van der Waals surface area (Å²) in [4.78, 5) is 12.7. The van der Waals surface area contributed by atoms with Gasteiger partial charge in [-0.15, -0.1) is 0 Å². The zero-order chi connectivity index (χ0) is 21.3. The fourth-order valence-corrected chi connectivity index (χ4v) is 3.87. The van der Waals surface area contributed by atoms with Crippen molar-refractivity contribution in [2.24, 2.45) is 0 Å². The molecule has 0 fully saturated rings. The third-order valence-electron chi connectivity index (χ3n) is 4.70. The van der Waals surface area contributed by atoms with Crippen LogP contribution in [-0.4, -0.2) is 10.9 Å². The van der Waals surface area contributed by atoms with Gasteiger partial charge in [0, 0.05) is 27.2 Å². The molecule has 6 heteroatoms. The number of carbonyl (C=O) groups is 1. The number of hydrogen-bond donors (Lipinski definition) is 1. The van der Waals surface area contributed by atoms with Crippen LogP contribution in [0.2, 0.25) is 10.0 Å². The highest BCUT2D eigenvalue weighted by molar-refractivity contribution is 6.49. The minimum atomic E-state index is -0.500. The van der Waals surface area contributed by atoms with Gasteiger partial charge in [0.25, 0.3) is 0 Å². The normalized spacial score (nSPS) is 15.4. The Morgan fingerprint density at radius 3 is 2.40 bits per heavy atom. The van der Waals surface area contributed by atoms with E-state index >= 15 is 0 Å². The second-order valence-corrected chi connectivity index (χ2v) is 7.88. The van der Waals surface area contributed by atoms with Crippen LogP contribution in [0.4, 0.5) is 0 Å². The van der Waals surface area contributed by atoms with Gasteiger partial charge in [0.2, 0.25) is 0 Å². The molecule has 150 valence electrons. The van der Waals surface area contributed by atoms with Gasteiger partial charge in [-0.2, -0.15) is 0 Å². The van der Waals surface area contributed by atoms with Crippen molar-refractivity contribution in [1.29, 1.82) is 0 Å². The number of fused-ring (bicyclic) bond motifs is 1. The van der Waals surface area contributed by atoms with Crippen molar-refractivity contribution in [2.45, 2.75) is 6.10 Å². The summed E-state index contributed by atoms with van der Waals surface area (Å²) in [7, 11) is 0. The average molecular weight is 458 g/mol. The molecule has 0 aromatic heterocycles. The maximum atomic E-state index is 12.7. The molecular formula is C24H15Cl3O3. The monoisotopic (exact) mass is 456 g/mol. The van der Waals surface area contributed by atoms with Crippen molar-refractivity contribution in [2.75, 3.05) is 0 Å². The minimum Gasteiger partial charge on any atom is -0.507 e. The molecule has 0 amide bonds. The molecular weight excluding hydrogens is 443 g/mol. The van der Waals surface area contributed by atoms with Crippen molar-refractivity contribution >= 4 is 51.7 Å².